The Kier molecular flexibility index (Phi) is 9.34. The van der Waals surface area contributed by atoms with E-state index in [0.29, 0.717) is 7.92 Å². The van der Waals surface area contributed by atoms with E-state index in [4.69, 9.17) is 0 Å². The largest absolute Gasteiger partial charge is 0.511 e. The summed E-state index contributed by atoms with van der Waals surface area (Å²) < 4.78 is 51.2. The van der Waals surface area contributed by atoms with Gasteiger partial charge in [-0.25, -0.2) is 13.6 Å². The summed E-state index contributed by atoms with van der Waals surface area (Å²) in [5.74, 6) is 0. The monoisotopic (exact) mass is 429 g/mol. The fourth-order valence-corrected chi connectivity index (χ4v) is 9.71. The van der Waals surface area contributed by atoms with E-state index in [1.165, 1.54) is 36.2 Å². The van der Waals surface area contributed by atoms with Crippen molar-refractivity contribution in [1.82, 2.24) is 0 Å². The first-order valence-corrected chi connectivity index (χ1v) is 13.7. The molecule has 3 saturated carbocycles. The summed E-state index contributed by atoms with van der Waals surface area (Å²) >= 11 is 0. The van der Waals surface area contributed by atoms with Gasteiger partial charge in [-0.15, -0.1) is 0 Å². The second kappa shape index (κ2) is 10.8. The first kappa shape index (κ1) is 23.4. The van der Waals surface area contributed by atoms with Crippen LogP contribution in [0.1, 0.15) is 96.3 Å². The van der Waals surface area contributed by atoms with Crippen molar-refractivity contribution in [3.8, 4) is 0 Å². The number of hydrogen-bond donors (Lipinski definition) is 1. The van der Waals surface area contributed by atoms with Crippen LogP contribution in [0.5, 0.6) is 0 Å². The van der Waals surface area contributed by atoms with Gasteiger partial charge in [0.15, 0.2) is 0 Å². The maximum Gasteiger partial charge on any atom is 0.511 e. The van der Waals surface area contributed by atoms with Crippen LogP contribution in [0.25, 0.3) is 0 Å². The fraction of sp³-hybridized carbons (Fsp3) is 1.00. The van der Waals surface area contributed by atoms with Gasteiger partial charge in [0.05, 0.1) is 0 Å². The first-order valence-electron chi connectivity index (χ1n) is 10.6. The maximum atomic E-state index is 10.8. The van der Waals surface area contributed by atoms with Crippen LogP contribution in [0.15, 0.2) is 0 Å². The molecule has 3 fully saturated rings. The van der Waals surface area contributed by atoms with E-state index in [-0.39, 0.29) is 0 Å². The molecule has 27 heavy (non-hydrogen) atoms. The highest BCUT2D eigenvalue weighted by molar-refractivity contribution is 7.90. The Bertz CT molecular complexity index is 481. The SMILES string of the molecule is C1CCC(P(C2CCCCC2)C2CCCCC2)CC1.NS(=O)(=O)C(F)(F)F. The number of rotatable bonds is 3. The van der Waals surface area contributed by atoms with Crippen LogP contribution >= 0.6 is 7.92 Å². The number of hydrogen-bond acceptors (Lipinski definition) is 2. The summed E-state index contributed by atoms with van der Waals surface area (Å²) in [5, 5.41) is 3.66. The van der Waals surface area contributed by atoms with E-state index in [1.54, 1.807) is 77.0 Å². The molecular weight excluding hydrogens is 394 g/mol. The fourth-order valence-electron chi connectivity index (χ4n) is 5.03. The van der Waals surface area contributed by atoms with E-state index in [9.17, 15) is 21.6 Å². The Labute approximate surface area is 163 Å². The highest BCUT2D eigenvalue weighted by Crippen LogP contribution is 2.61. The van der Waals surface area contributed by atoms with Crippen molar-refractivity contribution in [3.63, 3.8) is 0 Å². The smallest absolute Gasteiger partial charge is 0.221 e. The highest BCUT2D eigenvalue weighted by Gasteiger charge is 2.42. The van der Waals surface area contributed by atoms with Gasteiger partial charge < -0.3 is 0 Å². The second-order valence-electron chi connectivity index (χ2n) is 8.31. The molecule has 0 aliphatic heterocycles. The van der Waals surface area contributed by atoms with Crippen molar-refractivity contribution in [2.45, 2.75) is 119 Å². The molecule has 0 saturated heterocycles. The van der Waals surface area contributed by atoms with Gasteiger partial charge in [0, 0.05) is 0 Å². The van der Waals surface area contributed by atoms with Gasteiger partial charge in [-0.05, 0) is 55.5 Å². The number of halogens is 3. The van der Waals surface area contributed by atoms with Gasteiger partial charge in [-0.1, -0.05) is 65.7 Å². The Balaban J connectivity index is 0.000000279. The van der Waals surface area contributed by atoms with Crippen molar-refractivity contribution in [2.24, 2.45) is 5.14 Å². The molecule has 0 aromatic carbocycles. The molecule has 0 spiro atoms. The lowest BCUT2D eigenvalue weighted by atomic mass is 9.99. The molecule has 0 aromatic heterocycles. The summed E-state index contributed by atoms with van der Waals surface area (Å²) in [4.78, 5) is 0. The Morgan fingerprint density at radius 2 is 0.852 bits per heavy atom. The minimum Gasteiger partial charge on any atom is -0.221 e. The molecule has 0 atom stereocenters. The molecule has 0 unspecified atom stereocenters. The van der Waals surface area contributed by atoms with Gasteiger partial charge in [-0.2, -0.15) is 13.2 Å². The number of nitrogens with two attached hydrogens (primary N) is 1. The van der Waals surface area contributed by atoms with Gasteiger partial charge >= 0.3 is 15.5 Å². The Morgan fingerprint density at radius 3 is 1.04 bits per heavy atom. The van der Waals surface area contributed by atoms with Crippen LogP contribution in [0.4, 0.5) is 13.2 Å². The average molecular weight is 430 g/mol. The Hall–Kier alpha value is 0.130. The van der Waals surface area contributed by atoms with Crippen molar-refractivity contribution >= 4 is 17.9 Å². The van der Waals surface area contributed by atoms with Crippen molar-refractivity contribution < 1.29 is 21.6 Å². The van der Waals surface area contributed by atoms with E-state index in [2.05, 4.69) is 5.14 Å². The predicted molar refractivity (Wildman–Crippen MR) is 107 cm³/mol. The molecule has 3 aliphatic rings. The third-order valence-corrected chi connectivity index (χ3v) is 11.0. The molecular formula is C19H35F3NO2PS. The quantitative estimate of drug-likeness (QED) is 0.538. The lowest BCUT2D eigenvalue weighted by Crippen LogP contribution is -2.30. The summed E-state index contributed by atoms with van der Waals surface area (Å²) in [6.45, 7) is 0. The summed E-state index contributed by atoms with van der Waals surface area (Å²) in [6, 6.07) is 0. The van der Waals surface area contributed by atoms with E-state index >= 15 is 0 Å². The van der Waals surface area contributed by atoms with Crippen LogP contribution in [0.2, 0.25) is 0 Å². The zero-order valence-corrected chi connectivity index (χ0v) is 17.9. The zero-order valence-electron chi connectivity index (χ0n) is 16.2. The molecule has 0 aromatic rings. The summed E-state index contributed by atoms with van der Waals surface area (Å²) in [6.07, 6.45) is 23.6. The summed E-state index contributed by atoms with van der Waals surface area (Å²) in [7, 11) is -4.96. The van der Waals surface area contributed by atoms with Gasteiger partial charge in [0.1, 0.15) is 0 Å². The van der Waals surface area contributed by atoms with E-state index < -0.39 is 15.5 Å². The van der Waals surface area contributed by atoms with Crippen molar-refractivity contribution in [3.05, 3.63) is 0 Å². The highest BCUT2D eigenvalue weighted by atomic mass is 32.2. The molecule has 0 heterocycles. The van der Waals surface area contributed by atoms with Crippen molar-refractivity contribution in [2.75, 3.05) is 0 Å². The van der Waals surface area contributed by atoms with Gasteiger partial charge in [0.25, 0.3) is 0 Å². The molecule has 3 nitrogen and oxygen atoms in total. The average Bonchev–Trinajstić information content (AvgIpc) is 2.64. The van der Waals surface area contributed by atoms with Crippen molar-refractivity contribution in [1.29, 1.82) is 0 Å². The standard InChI is InChI=1S/C18H33P.CH2F3NO2S/c1-4-10-16(11-5-1)19(17-12-6-2-7-13-17)18-14-8-3-9-15-18;2-1(3,4)8(5,6)7/h16-18H,1-15H2;(H2,5,6,7). The Morgan fingerprint density at radius 1 is 0.630 bits per heavy atom. The van der Waals surface area contributed by atoms with Crippen LogP contribution in [-0.2, 0) is 10.0 Å². The molecule has 8 heteroatoms. The van der Waals surface area contributed by atoms with Gasteiger partial charge in [-0.3, -0.25) is 0 Å². The van der Waals surface area contributed by atoms with Crippen LogP contribution in [-0.4, -0.2) is 30.9 Å². The molecule has 3 aliphatic carbocycles. The summed E-state index contributed by atoms with van der Waals surface area (Å²) in [5.41, 5.74) is -1.74. The minimum absolute atomic E-state index is 0.385. The lowest BCUT2D eigenvalue weighted by molar-refractivity contribution is -0.0436. The van der Waals surface area contributed by atoms with Crippen LogP contribution in [0.3, 0.4) is 0 Å². The molecule has 0 amide bonds. The normalized spacial score (nSPS) is 24.5. The third kappa shape index (κ3) is 7.47. The molecule has 160 valence electrons. The third-order valence-electron chi connectivity index (χ3n) is 6.31. The molecule has 0 radical (unpaired) electrons. The zero-order chi connectivity index (χ0) is 19.9. The topological polar surface area (TPSA) is 60.2 Å². The van der Waals surface area contributed by atoms with E-state index in [0.717, 1.165) is 0 Å². The first-order chi connectivity index (χ1) is 12.7. The van der Waals surface area contributed by atoms with Crippen LogP contribution < -0.4 is 5.14 Å². The second-order valence-corrected chi connectivity index (χ2v) is 13.0. The van der Waals surface area contributed by atoms with E-state index in [1.807, 2.05) is 0 Å². The predicted octanol–water partition coefficient (Wildman–Crippen LogP) is 6.26. The van der Waals surface area contributed by atoms with Gasteiger partial charge in [0.2, 0.25) is 0 Å². The molecule has 0 bridgehead atoms. The minimum atomic E-state index is -5.34. The maximum absolute atomic E-state index is 10.8. The lowest BCUT2D eigenvalue weighted by Gasteiger charge is -2.44. The number of alkyl halides is 3. The number of sulfonamides is 1. The number of primary sulfonamides is 1. The molecule has 3 rings (SSSR count). The van der Waals surface area contributed by atoms with Crippen LogP contribution in [0, 0.1) is 0 Å². The molecule has 2 N–H and O–H groups in total.